The number of nitrogens with one attached hydrogen (secondary N) is 2. The number of thiocarbonyl (C=S) groups is 1. The molecule has 0 bridgehead atoms. The van der Waals surface area contributed by atoms with E-state index in [9.17, 15) is 9.59 Å². The Labute approximate surface area is 192 Å². The van der Waals surface area contributed by atoms with Gasteiger partial charge in [-0.05, 0) is 67.7 Å². The lowest BCUT2D eigenvalue weighted by atomic mass is 10.1. The zero-order valence-corrected chi connectivity index (χ0v) is 19.1. The van der Waals surface area contributed by atoms with E-state index < -0.39 is 5.97 Å². The van der Waals surface area contributed by atoms with Gasteiger partial charge in [0.15, 0.2) is 5.11 Å². The summed E-state index contributed by atoms with van der Waals surface area (Å²) in [5.41, 5.74) is 3.53. The molecule has 3 aromatic rings. The Morgan fingerprint density at radius 1 is 1.19 bits per heavy atom. The predicted octanol–water partition coefficient (Wildman–Crippen LogP) is 4.76. The number of carbonyl (C=O) groups is 1. The summed E-state index contributed by atoms with van der Waals surface area (Å²) >= 11 is 5.79. The summed E-state index contributed by atoms with van der Waals surface area (Å²) < 4.78 is 4.90. The topological polar surface area (TPSA) is 74.4 Å². The molecule has 1 saturated carbocycles. The summed E-state index contributed by atoms with van der Waals surface area (Å²) in [5.74, 6) is -0.426. The Hall–Kier alpha value is -3.19. The number of hydrogen-bond donors (Lipinski definition) is 2. The van der Waals surface area contributed by atoms with Crippen molar-refractivity contribution >= 4 is 39.9 Å². The second-order valence-electron chi connectivity index (χ2n) is 8.25. The van der Waals surface area contributed by atoms with Gasteiger partial charge in [-0.3, -0.25) is 4.79 Å². The number of nitrogens with zero attached hydrogens (tertiary/aromatic N) is 1. The van der Waals surface area contributed by atoms with Crippen molar-refractivity contribution in [2.24, 2.45) is 0 Å². The van der Waals surface area contributed by atoms with Crippen molar-refractivity contribution in [1.82, 2.24) is 9.88 Å². The van der Waals surface area contributed by atoms with E-state index in [1.54, 1.807) is 18.2 Å². The van der Waals surface area contributed by atoms with Gasteiger partial charge in [-0.1, -0.05) is 36.6 Å². The van der Waals surface area contributed by atoms with Gasteiger partial charge in [0, 0.05) is 17.1 Å². The van der Waals surface area contributed by atoms with Gasteiger partial charge in [0.2, 0.25) is 0 Å². The van der Waals surface area contributed by atoms with E-state index in [1.807, 2.05) is 31.2 Å². The summed E-state index contributed by atoms with van der Waals surface area (Å²) in [6.07, 6.45) is 4.31. The molecule has 0 atom stereocenters. The number of H-pyrrole nitrogens is 1. The van der Waals surface area contributed by atoms with Crippen LogP contribution in [0.1, 0.15) is 47.2 Å². The molecule has 7 heteroatoms. The molecule has 166 valence electrons. The molecule has 2 aromatic carbocycles. The minimum atomic E-state index is -0.426. The van der Waals surface area contributed by atoms with Gasteiger partial charge >= 0.3 is 5.97 Å². The molecule has 2 N–H and O–H groups in total. The van der Waals surface area contributed by atoms with Gasteiger partial charge in [-0.25, -0.2) is 4.79 Å². The van der Waals surface area contributed by atoms with Crippen molar-refractivity contribution in [1.29, 1.82) is 0 Å². The number of methoxy groups -OCH3 is 1. The highest BCUT2D eigenvalue weighted by molar-refractivity contribution is 7.80. The second-order valence-corrected chi connectivity index (χ2v) is 8.63. The van der Waals surface area contributed by atoms with Crippen LogP contribution in [-0.4, -0.2) is 34.1 Å². The first-order valence-electron chi connectivity index (χ1n) is 10.8. The highest BCUT2D eigenvalue weighted by Crippen LogP contribution is 2.27. The van der Waals surface area contributed by atoms with Crippen molar-refractivity contribution < 1.29 is 9.53 Å². The summed E-state index contributed by atoms with van der Waals surface area (Å²) in [6.45, 7) is 2.43. The van der Waals surface area contributed by atoms with Crippen molar-refractivity contribution in [3.05, 3.63) is 75.6 Å². The van der Waals surface area contributed by atoms with Crippen LogP contribution >= 0.6 is 12.2 Å². The molecule has 6 nitrogen and oxygen atoms in total. The smallest absolute Gasteiger partial charge is 0.339 e. The third-order valence-electron chi connectivity index (χ3n) is 6.02. The zero-order chi connectivity index (χ0) is 22.7. The maximum atomic E-state index is 12.8. The van der Waals surface area contributed by atoms with Crippen LogP contribution in [0, 0.1) is 6.92 Å². The first-order valence-corrected chi connectivity index (χ1v) is 11.2. The third kappa shape index (κ3) is 4.67. The van der Waals surface area contributed by atoms with Crippen LogP contribution in [0.2, 0.25) is 0 Å². The Morgan fingerprint density at radius 3 is 2.69 bits per heavy atom. The number of carbonyl (C=O) groups excluding carboxylic acids is 1. The molecular formula is C25H27N3O3S. The lowest BCUT2D eigenvalue weighted by Crippen LogP contribution is -2.42. The minimum absolute atomic E-state index is 0.109. The third-order valence-corrected chi connectivity index (χ3v) is 6.35. The largest absolute Gasteiger partial charge is 0.465 e. The predicted molar refractivity (Wildman–Crippen MR) is 131 cm³/mol. The van der Waals surface area contributed by atoms with Crippen molar-refractivity contribution in [2.45, 2.75) is 45.2 Å². The number of esters is 1. The van der Waals surface area contributed by atoms with Crippen molar-refractivity contribution in [2.75, 3.05) is 12.4 Å². The molecule has 32 heavy (non-hydrogen) atoms. The van der Waals surface area contributed by atoms with Crippen LogP contribution < -0.4 is 10.9 Å². The molecule has 0 aliphatic heterocycles. The molecule has 0 spiro atoms. The molecule has 0 radical (unpaired) electrons. The molecule has 1 aromatic heterocycles. The zero-order valence-electron chi connectivity index (χ0n) is 18.3. The van der Waals surface area contributed by atoms with Crippen molar-refractivity contribution in [3.8, 4) is 0 Å². The molecular weight excluding hydrogens is 422 g/mol. The van der Waals surface area contributed by atoms with Crippen LogP contribution in [-0.2, 0) is 11.3 Å². The molecule has 1 heterocycles. The van der Waals surface area contributed by atoms with Gasteiger partial charge in [0.25, 0.3) is 5.56 Å². The molecule has 1 aliphatic carbocycles. The van der Waals surface area contributed by atoms with Crippen LogP contribution in [0.4, 0.5) is 5.69 Å². The summed E-state index contributed by atoms with van der Waals surface area (Å²) in [7, 11) is 1.36. The van der Waals surface area contributed by atoms with Crippen LogP contribution in [0.3, 0.4) is 0 Å². The quantitative estimate of drug-likeness (QED) is 0.432. The maximum Gasteiger partial charge on any atom is 0.339 e. The SMILES string of the molecule is COC(=O)c1ccccc1NC(=S)N(Cc1cc2cc(C)ccc2[nH]c1=O)C1CCCC1. The number of ether oxygens (including phenoxy) is 1. The van der Waals surface area contributed by atoms with E-state index in [1.165, 1.54) is 7.11 Å². The van der Waals surface area contributed by atoms with Gasteiger partial charge < -0.3 is 19.9 Å². The Balaban J connectivity index is 1.65. The number of benzene rings is 2. The fourth-order valence-electron chi connectivity index (χ4n) is 4.32. The van der Waals surface area contributed by atoms with Crippen molar-refractivity contribution in [3.63, 3.8) is 0 Å². The van der Waals surface area contributed by atoms with Crippen LogP contribution in [0.25, 0.3) is 10.9 Å². The van der Waals surface area contributed by atoms with E-state index >= 15 is 0 Å². The Bertz CT molecular complexity index is 1210. The number of para-hydroxylation sites is 1. The highest BCUT2D eigenvalue weighted by atomic mass is 32.1. The molecule has 1 fully saturated rings. The maximum absolute atomic E-state index is 12.8. The van der Waals surface area contributed by atoms with Crippen LogP contribution in [0.15, 0.2) is 53.3 Å². The van der Waals surface area contributed by atoms with E-state index in [0.717, 1.165) is 42.1 Å². The Kier molecular flexibility index (Phi) is 6.55. The van der Waals surface area contributed by atoms with Gasteiger partial charge in [-0.15, -0.1) is 0 Å². The fourth-order valence-corrected chi connectivity index (χ4v) is 4.65. The minimum Gasteiger partial charge on any atom is -0.465 e. The van der Waals surface area contributed by atoms with E-state index in [4.69, 9.17) is 17.0 Å². The molecule has 1 aliphatic rings. The second kappa shape index (κ2) is 9.53. The average molecular weight is 450 g/mol. The monoisotopic (exact) mass is 449 g/mol. The standard InChI is InChI=1S/C25H27N3O3S/c1-16-11-12-21-17(13-16)14-18(23(29)26-21)15-28(19-7-3-4-8-19)25(32)27-22-10-6-5-9-20(22)24(30)31-2/h5-6,9-14,19H,3-4,7-8,15H2,1-2H3,(H,26,29)(H,27,32). The van der Waals surface area contributed by atoms with Crippen LogP contribution in [0.5, 0.6) is 0 Å². The first kappa shape index (κ1) is 22.0. The number of aryl methyl sites for hydroxylation is 1. The highest BCUT2D eigenvalue weighted by Gasteiger charge is 2.26. The number of fused-ring (bicyclic) bond motifs is 1. The Morgan fingerprint density at radius 2 is 1.94 bits per heavy atom. The van der Waals surface area contributed by atoms with Gasteiger partial charge in [0.05, 0.1) is 24.9 Å². The number of rotatable bonds is 5. The summed E-state index contributed by atoms with van der Waals surface area (Å²) in [4.78, 5) is 30.1. The fraction of sp³-hybridized carbons (Fsp3) is 0.320. The molecule has 0 saturated heterocycles. The molecule has 0 unspecified atom stereocenters. The van der Waals surface area contributed by atoms with Gasteiger partial charge in [0.1, 0.15) is 0 Å². The average Bonchev–Trinajstić information content (AvgIpc) is 3.32. The van der Waals surface area contributed by atoms with E-state index in [2.05, 4.69) is 21.3 Å². The lowest BCUT2D eigenvalue weighted by molar-refractivity contribution is 0.0602. The van der Waals surface area contributed by atoms with E-state index in [-0.39, 0.29) is 11.6 Å². The molecule has 0 amide bonds. The summed E-state index contributed by atoms with van der Waals surface area (Å²) in [5, 5.41) is 4.73. The number of pyridine rings is 1. The summed E-state index contributed by atoms with van der Waals surface area (Å²) in [6, 6.07) is 15.3. The number of hydrogen-bond acceptors (Lipinski definition) is 4. The lowest BCUT2D eigenvalue weighted by Gasteiger charge is -2.32. The van der Waals surface area contributed by atoms with Gasteiger partial charge in [-0.2, -0.15) is 0 Å². The molecule has 4 rings (SSSR count). The first-order chi connectivity index (χ1) is 15.5. The number of anilines is 1. The normalized spacial score (nSPS) is 13.8. The number of aromatic nitrogens is 1. The van der Waals surface area contributed by atoms with E-state index in [0.29, 0.717) is 28.5 Å². The number of aromatic amines is 1.